The number of benzene rings is 3. The van der Waals surface area contributed by atoms with Crippen LogP contribution in [0.25, 0.3) is 0 Å². The summed E-state index contributed by atoms with van der Waals surface area (Å²) in [6.45, 7) is 4.75. The minimum Gasteiger partial charge on any atom is -0.495 e. The lowest BCUT2D eigenvalue weighted by Crippen LogP contribution is -2.30. The number of ether oxygens (including phenoxy) is 3. The van der Waals surface area contributed by atoms with Crippen LogP contribution < -0.4 is 19.5 Å². The van der Waals surface area contributed by atoms with Gasteiger partial charge in [0.25, 0.3) is 0 Å². The van der Waals surface area contributed by atoms with Gasteiger partial charge in [-0.3, -0.25) is 0 Å². The summed E-state index contributed by atoms with van der Waals surface area (Å²) in [6, 6.07) is 17.0. The summed E-state index contributed by atoms with van der Waals surface area (Å²) >= 11 is 3.76. The first-order valence-electron chi connectivity index (χ1n) is 11.7. The highest BCUT2D eigenvalue weighted by atomic mass is 79.9. The maximum atomic E-state index is 6.20. The standard InChI is InChI=1S/C29H30BrNO3/c1-17-8-11-19(12-9-17)16-34-29-23(30)14-20(15-25(29)33-4)27-22-7-5-6-21(22)26-18(2)10-13-24(32-3)28(26)31-27/h5-6,8-15,21-22,27,31H,7,16H2,1-4H3/t21-,22+,27+/m1/s1. The smallest absolute Gasteiger partial charge is 0.175 e. The van der Waals surface area contributed by atoms with Crippen LogP contribution in [0, 0.1) is 19.8 Å². The molecule has 3 atom stereocenters. The lowest BCUT2D eigenvalue weighted by molar-refractivity contribution is 0.282. The van der Waals surface area contributed by atoms with E-state index in [1.807, 2.05) is 0 Å². The summed E-state index contributed by atoms with van der Waals surface area (Å²) in [4.78, 5) is 0. The summed E-state index contributed by atoms with van der Waals surface area (Å²) < 4.78 is 18.6. The van der Waals surface area contributed by atoms with Crippen LogP contribution in [-0.2, 0) is 6.61 Å². The fourth-order valence-electron chi connectivity index (χ4n) is 5.27. The van der Waals surface area contributed by atoms with Gasteiger partial charge in [-0.1, -0.05) is 48.0 Å². The van der Waals surface area contributed by atoms with Crippen molar-refractivity contribution in [3.05, 3.63) is 93.0 Å². The Morgan fingerprint density at radius 2 is 1.74 bits per heavy atom. The van der Waals surface area contributed by atoms with Gasteiger partial charge in [0.15, 0.2) is 11.5 Å². The Morgan fingerprint density at radius 1 is 0.971 bits per heavy atom. The van der Waals surface area contributed by atoms with Gasteiger partial charge < -0.3 is 19.5 Å². The van der Waals surface area contributed by atoms with Gasteiger partial charge in [-0.05, 0) is 82.6 Å². The van der Waals surface area contributed by atoms with Gasteiger partial charge in [0.05, 0.1) is 30.4 Å². The zero-order valence-electron chi connectivity index (χ0n) is 20.0. The Hall–Kier alpha value is -2.92. The number of nitrogens with one attached hydrogen (secondary N) is 1. The second-order valence-corrected chi connectivity index (χ2v) is 10.0. The van der Waals surface area contributed by atoms with Crippen LogP contribution in [0.3, 0.4) is 0 Å². The van der Waals surface area contributed by atoms with Crippen molar-refractivity contribution >= 4 is 21.6 Å². The van der Waals surface area contributed by atoms with Crippen molar-refractivity contribution in [2.24, 2.45) is 5.92 Å². The molecule has 0 spiro atoms. The number of fused-ring (bicyclic) bond motifs is 3. The number of halogens is 1. The predicted molar refractivity (Wildman–Crippen MR) is 140 cm³/mol. The van der Waals surface area contributed by atoms with Gasteiger partial charge in [-0.25, -0.2) is 0 Å². The van der Waals surface area contributed by atoms with E-state index < -0.39 is 0 Å². The molecule has 0 unspecified atom stereocenters. The maximum Gasteiger partial charge on any atom is 0.175 e. The Kier molecular flexibility index (Phi) is 6.30. The fraction of sp³-hybridized carbons (Fsp3) is 0.310. The molecule has 0 amide bonds. The zero-order valence-corrected chi connectivity index (χ0v) is 21.6. The van der Waals surface area contributed by atoms with Crippen LogP contribution in [0.15, 0.2) is 65.2 Å². The van der Waals surface area contributed by atoms with E-state index in [1.165, 1.54) is 22.3 Å². The van der Waals surface area contributed by atoms with Gasteiger partial charge in [0.2, 0.25) is 0 Å². The lowest BCUT2D eigenvalue weighted by Gasteiger charge is -2.39. The molecular weight excluding hydrogens is 490 g/mol. The predicted octanol–water partition coefficient (Wildman–Crippen LogP) is 7.49. The molecule has 1 aliphatic carbocycles. The van der Waals surface area contributed by atoms with Gasteiger partial charge in [0.1, 0.15) is 12.4 Å². The number of aryl methyl sites for hydroxylation is 2. The molecule has 3 aromatic carbocycles. The Labute approximate surface area is 210 Å². The van der Waals surface area contributed by atoms with Gasteiger partial charge in [-0.2, -0.15) is 0 Å². The van der Waals surface area contributed by atoms with E-state index in [4.69, 9.17) is 14.2 Å². The minimum atomic E-state index is 0.125. The summed E-state index contributed by atoms with van der Waals surface area (Å²) in [6.07, 6.45) is 5.70. The first-order valence-corrected chi connectivity index (χ1v) is 12.5. The summed E-state index contributed by atoms with van der Waals surface area (Å²) in [5.41, 5.74) is 7.26. The van der Waals surface area contributed by atoms with Gasteiger partial charge in [0, 0.05) is 5.92 Å². The quantitative estimate of drug-likeness (QED) is 0.342. The van der Waals surface area contributed by atoms with Crippen LogP contribution in [0.1, 0.15) is 46.2 Å². The van der Waals surface area contributed by atoms with Crippen LogP contribution in [-0.4, -0.2) is 14.2 Å². The third-order valence-corrected chi connectivity index (χ3v) is 7.62. The molecule has 2 aliphatic rings. The van der Waals surface area contributed by atoms with Crippen LogP contribution in [0.4, 0.5) is 5.69 Å². The van der Waals surface area contributed by atoms with Crippen molar-refractivity contribution in [1.82, 2.24) is 0 Å². The van der Waals surface area contributed by atoms with Crippen LogP contribution >= 0.6 is 15.9 Å². The van der Waals surface area contributed by atoms with Gasteiger partial charge in [-0.15, -0.1) is 0 Å². The summed E-state index contributed by atoms with van der Waals surface area (Å²) in [7, 11) is 3.43. The molecule has 5 heteroatoms. The SMILES string of the molecule is COc1ccc(C)c2c1N[C@@H](c1cc(Br)c(OCc3ccc(C)cc3)c(OC)c1)[C@H]1CC=C[C@@H]21. The molecule has 0 saturated carbocycles. The second kappa shape index (κ2) is 9.38. The van der Waals surface area contributed by atoms with Crippen molar-refractivity contribution in [1.29, 1.82) is 0 Å². The molecule has 0 saturated heterocycles. The summed E-state index contributed by atoms with van der Waals surface area (Å²) in [5, 5.41) is 3.82. The number of methoxy groups -OCH3 is 2. The third kappa shape index (κ3) is 4.07. The van der Waals surface area contributed by atoms with Crippen LogP contribution in [0.2, 0.25) is 0 Å². The normalized spacial score (nSPS) is 20.3. The van der Waals surface area contributed by atoms with E-state index in [-0.39, 0.29) is 6.04 Å². The molecule has 3 aromatic rings. The molecule has 5 rings (SSSR count). The topological polar surface area (TPSA) is 39.7 Å². The molecule has 34 heavy (non-hydrogen) atoms. The molecule has 0 fully saturated rings. The van der Waals surface area contributed by atoms with Crippen molar-refractivity contribution in [2.45, 2.75) is 38.8 Å². The monoisotopic (exact) mass is 519 g/mol. The lowest BCUT2D eigenvalue weighted by atomic mass is 9.75. The number of allylic oxidation sites excluding steroid dienone is 2. The van der Waals surface area contributed by atoms with E-state index in [0.29, 0.717) is 18.4 Å². The van der Waals surface area contributed by atoms with Crippen molar-refractivity contribution in [2.75, 3.05) is 19.5 Å². The number of rotatable bonds is 6. The first kappa shape index (κ1) is 22.9. The molecule has 176 valence electrons. The van der Waals surface area contributed by atoms with Gasteiger partial charge >= 0.3 is 0 Å². The highest BCUT2D eigenvalue weighted by Crippen LogP contribution is 2.54. The Morgan fingerprint density at radius 3 is 2.47 bits per heavy atom. The van der Waals surface area contributed by atoms with E-state index in [0.717, 1.165) is 39.4 Å². The molecule has 1 aliphatic heterocycles. The van der Waals surface area contributed by atoms with E-state index in [2.05, 4.69) is 95.8 Å². The largest absolute Gasteiger partial charge is 0.495 e. The van der Waals surface area contributed by atoms with E-state index >= 15 is 0 Å². The minimum absolute atomic E-state index is 0.125. The highest BCUT2D eigenvalue weighted by molar-refractivity contribution is 9.10. The van der Waals surface area contributed by atoms with Crippen molar-refractivity contribution < 1.29 is 14.2 Å². The zero-order chi connectivity index (χ0) is 23.8. The Balaban J connectivity index is 1.48. The molecule has 0 aromatic heterocycles. The molecule has 1 N–H and O–H groups in total. The summed E-state index contributed by atoms with van der Waals surface area (Å²) in [5.74, 6) is 3.11. The average molecular weight is 520 g/mol. The van der Waals surface area contributed by atoms with E-state index in [9.17, 15) is 0 Å². The molecule has 1 heterocycles. The van der Waals surface area contributed by atoms with Crippen LogP contribution in [0.5, 0.6) is 17.2 Å². The van der Waals surface area contributed by atoms with Crippen molar-refractivity contribution in [3.8, 4) is 17.2 Å². The molecule has 0 bridgehead atoms. The first-order chi connectivity index (χ1) is 16.5. The average Bonchev–Trinajstić information content (AvgIpc) is 3.33. The van der Waals surface area contributed by atoms with Crippen molar-refractivity contribution in [3.63, 3.8) is 0 Å². The highest BCUT2D eigenvalue weighted by Gasteiger charge is 2.40. The Bertz CT molecular complexity index is 1240. The number of hydrogen-bond acceptors (Lipinski definition) is 4. The number of hydrogen-bond donors (Lipinski definition) is 1. The second-order valence-electron chi connectivity index (χ2n) is 9.16. The number of anilines is 1. The molecular formula is C29H30BrNO3. The maximum absolute atomic E-state index is 6.20. The van der Waals surface area contributed by atoms with E-state index in [1.54, 1.807) is 14.2 Å². The third-order valence-electron chi connectivity index (χ3n) is 7.03. The molecule has 0 radical (unpaired) electrons. The molecule has 4 nitrogen and oxygen atoms in total. The fourth-order valence-corrected chi connectivity index (χ4v) is 5.84.